The summed E-state index contributed by atoms with van der Waals surface area (Å²) in [5.74, 6) is -4.29. The van der Waals surface area contributed by atoms with Gasteiger partial charge in [-0.05, 0) is 39.3 Å². The zero-order chi connectivity index (χ0) is 15.8. The number of esters is 1. The van der Waals surface area contributed by atoms with Crippen molar-refractivity contribution in [2.75, 3.05) is 13.7 Å². The number of fused-ring (bicyclic) bond motifs is 2. The summed E-state index contributed by atoms with van der Waals surface area (Å²) in [4.78, 5) is 36.6. The van der Waals surface area contributed by atoms with E-state index in [0.29, 0.717) is 0 Å². The average molecular weight is 296 g/mol. The van der Waals surface area contributed by atoms with Crippen LogP contribution in [-0.2, 0) is 28.6 Å². The maximum Gasteiger partial charge on any atom is 0.314 e. The number of carbonyl (C=O) groups excluding carboxylic acids is 3. The van der Waals surface area contributed by atoms with Crippen LogP contribution in [0.1, 0.15) is 27.2 Å². The summed E-state index contributed by atoms with van der Waals surface area (Å²) in [5.41, 5.74) is -1.26. The molecule has 0 amide bonds. The Labute approximate surface area is 123 Å². The van der Waals surface area contributed by atoms with E-state index in [9.17, 15) is 14.4 Å². The van der Waals surface area contributed by atoms with Gasteiger partial charge in [-0.25, -0.2) is 0 Å². The van der Waals surface area contributed by atoms with Crippen LogP contribution in [0, 0.1) is 11.8 Å². The van der Waals surface area contributed by atoms with Gasteiger partial charge in [-0.3, -0.25) is 14.4 Å². The van der Waals surface area contributed by atoms with Crippen molar-refractivity contribution in [1.29, 1.82) is 0 Å². The molecule has 2 bridgehead atoms. The number of ether oxygens (including phenoxy) is 3. The monoisotopic (exact) mass is 296 g/mol. The van der Waals surface area contributed by atoms with Gasteiger partial charge in [-0.2, -0.15) is 0 Å². The van der Waals surface area contributed by atoms with Gasteiger partial charge in [0.25, 0.3) is 0 Å². The summed E-state index contributed by atoms with van der Waals surface area (Å²) in [7, 11) is 1.40. The van der Waals surface area contributed by atoms with E-state index in [-0.39, 0.29) is 24.6 Å². The first kappa shape index (κ1) is 15.9. The van der Waals surface area contributed by atoms with E-state index in [1.54, 1.807) is 26.0 Å². The van der Waals surface area contributed by atoms with E-state index in [1.165, 1.54) is 14.0 Å². The molecule has 1 fully saturated rings. The lowest BCUT2D eigenvalue weighted by atomic mass is 9.79. The number of carbonyl (C=O) groups is 3. The van der Waals surface area contributed by atoms with Crippen LogP contribution in [0.25, 0.3) is 0 Å². The average Bonchev–Trinajstić information content (AvgIpc) is 2.74. The van der Waals surface area contributed by atoms with Gasteiger partial charge in [0.1, 0.15) is 17.3 Å². The van der Waals surface area contributed by atoms with E-state index in [0.717, 1.165) is 0 Å². The molecule has 1 unspecified atom stereocenters. The van der Waals surface area contributed by atoms with Crippen LogP contribution in [-0.4, -0.2) is 42.6 Å². The van der Waals surface area contributed by atoms with Gasteiger partial charge in [-0.15, -0.1) is 0 Å². The van der Waals surface area contributed by atoms with Crippen molar-refractivity contribution < 1.29 is 28.6 Å². The van der Waals surface area contributed by atoms with Crippen LogP contribution in [0.2, 0.25) is 0 Å². The number of methoxy groups -OCH3 is 1. The largest absolute Gasteiger partial charge is 0.466 e. The quantitative estimate of drug-likeness (QED) is 0.438. The molecule has 0 radical (unpaired) electrons. The van der Waals surface area contributed by atoms with Crippen molar-refractivity contribution in [2.45, 2.75) is 38.6 Å². The van der Waals surface area contributed by atoms with Crippen molar-refractivity contribution in [3.05, 3.63) is 12.2 Å². The lowest BCUT2D eigenvalue weighted by molar-refractivity contribution is -0.240. The molecule has 0 aromatic heterocycles. The molecule has 0 saturated carbocycles. The Kier molecular flexibility index (Phi) is 4.04. The minimum atomic E-state index is -1.36. The highest BCUT2D eigenvalue weighted by Crippen LogP contribution is 2.45. The molecule has 0 aromatic rings. The molecule has 2 aliphatic rings. The third kappa shape index (κ3) is 2.42. The second-order valence-corrected chi connectivity index (χ2v) is 5.54. The summed E-state index contributed by atoms with van der Waals surface area (Å²) in [6.07, 6.45) is 3.16. The molecule has 6 nitrogen and oxygen atoms in total. The molecule has 0 N–H and O–H groups in total. The smallest absolute Gasteiger partial charge is 0.314 e. The Hall–Kier alpha value is -1.53. The summed E-state index contributed by atoms with van der Waals surface area (Å²) >= 11 is 0. The Morgan fingerprint density at radius 2 is 2.10 bits per heavy atom. The molecule has 0 aromatic carbocycles. The molecule has 2 aliphatic heterocycles. The molecular formula is C15H20O6. The minimum absolute atomic E-state index is 0.0285. The Balaban J connectivity index is 2.48. The SMILES string of the molecule is CCOC(=O)[C@@H]1CC(C(C)=O)C(=O)[C@]2(C)C=C[C@@]1(OC)O2. The molecule has 116 valence electrons. The third-order valence-corrected chi connectivity index (χ3v) is 4.15. The van der Waals surface area contributed by atoms with Crippen molar-refractivity contribution in [1.82, 2.24) is 0 Å². The highest BCUT2D eigenvalue weighted by Gasteiger charge is 2.59. The topological polar surface area (TPSA) is 78.9 Å². The Bertz CT molecular complexity index is 510. The second-order valence-electron chi connectivity index (χ2n) is 5.54. The molecular weight excluding hydrogens is 276 g/mol. The fourth-order valence-electron chi connectivity index (χ4n) is 2.95. The van der Waals surface area contributed by atoms with Crippen molar-refractivity contribution >= 4 is 17.5 Å². The number of rotatable bonds is 4. The van der Waals surface area contributed by atoms with Crippen LogP contribution in [0.15, 0.2) is 12.2 Å². The molecule has 0 spiro atoms. The van der Waals surface area contributed by atoms with Crippen LogP contribution < -0.4 is 0 Å². The molecule has 0 aliphatic carbocycles. The number of Topliss-reactive ketones (excluding diaryl/α,β-unsaturated/α-hetero) is 2. The first-order valence-electron chi connectivity index (χ1n) is 6.96. The van der Waals surface area contributed by atoms with Gasteiger partial charge in [0, 0.05) is 7.11 Å². The number of hydrogen-bond acceptors (Lipinski definition) is 6. The van der Waals surface area contributed by atoms with Crippen LogP contribution >= 0.6 is 0 Å². The second kappa shape index (κ2) is 5.35. The highest BCUT2D eigenvalue weighted by atomic mass is 16.7. The normalized spacial score (nSPS) is 38.2. The Morgan fingerprint density at radius 1 is 1.43 bits per heavy atom. The minimum Gasteiger partial charge on any atom is -0.466 e. The fourth-order valence-corrected chi connectivity index (χ4v) is 2.95. The third-order valence-electron chi connectivity index (χ3n) is 4.15. The van der Waals surface area contributed by atoms with E-state index in [2.05, 4.69) is 0 Å². The maximum atomic E-state index is 12.5. The molecule has 6 heteroatoms. The number of ketones is 2. The lowest BCUT2D eigenvalue weighted by Crippen LogP contribution is -2.46. The standard InChI is InChI=1S/C15H20O6/c1-5-20-13(18)11-8-10(9(2)16)12(17)14(3)6-7-15(11,19-4)21-14/h6-7,10-11H,5,8H2,1-4H3/t10?,11-,14-,15+/m0/s1. The lowest BCUT2D eigenvalue weighted by Gasteiger charge is -2.33. The zero-order valence-electron chi connectivity index (χ0n) is 12.7. The first-order valence-corrected chi connectivity index (χ1v) is 6.96. The van der Waals surface area contributed by atoms with Gasteiger partial charge in [0.15, 0.2) is 5.78 Å². The van der Waals surface area contributed by atoms with Gasteiger partial charge in [-0.1, -0.05) is 0 Å². The molecule has 2 rings (SSSR count). The summed E-state index contributed by atoms with van der Waals surface area (Å²) in [6.45, 7) is 4.82. The maximum absolute atomic E-state index is 12.5. The van der Waals surface area contributed by atoms with Gasteiger partial charge < -0.3 is 14.2 Å². The summed E-state index contributed by atoms with van der Waals surface area (Å²) in [5, 5.41) is 0. The molecule has 2 heterocycles. The van der Waals surface area contributed by atoms with E-state index < -0.39 is 29.2 Å². The summed E-state index contributed by atoms with van der Waals surface area (Å²) in [6, 6.07) is 0. The van der Waals surface area contributed by atoms with Gasteiger partial charge >= 0.3 is 5.97 Å². The van der Waals surface area contributed by atoms with Crippen molar-refractivity contribution in [2.24, 2.45) is 11.8 Å². The van der Waals surface area contributed by atoms with Crippen LogP contribution in [0.5, 0.6) is 0 Å². The zero-order valence-corrected chi connectivity index (χ0v) is 12.7. The van der Waals surface area contributed by atoms with Crippen LogP contribution in [0.4, 0.5) is 0 Å². The number of hydrogen-bond donors (Lipinski definition) is 0. The van der Waals surface area contributed by atoms with Gasteiger partial charge in [0.05, 0.1) is 12.5 Å². The molecule has 21 heavy (non-hydrogen) atoms. The Morgan fingerprint density at radius 3 is 2.62 bits per heavy atom. The van der Waals surface area contributed by atoms with Gasteiger partial charge in [0.2, 0.25) is 5.79 Å². The van der Waals surface area contributed by atoms with E-state index in [1.807, 2.05) is 0 Å². The van der Waals surface area contributed by atoms with Crippen LogP contribution in [0.3, 0.4) is 0 Å². The predicted octanol–water partition coefficient (Wildman–Crippen LogP) is 1.03. The van der Waals surface area contributed by atoms with E-state index in [4.69, 9.17) is 14.2 Å². The molecule has 1 saturated heterocycles. The predicted molar refractivity (Wildman–Crippen MR) is 72.3 cm³/mol. The van der Waals surface area contributed by atoms with Crippen molar-refractivity contribution in [3.8, 4) is 0 Å². The summed E-state index contributed by atoms with van der Waals surface area (Å²) < 4.78 is 16.2. The fraction of sp³-hybridized carbons (Fsp3) is 0.667. The van der Waals surface area contributed by atoms with E-state index >= 15 is 0 Å². The highest BCUT2D eigenvalue weighted by molar-refractivity contribution is 6.07. The first-order chi connectivity index (χ1) is 9.79. The molecule has 4 atom stereocenters. The van der Waals surface area contributed by atoms with Crippen molar-refractivity contribution in [3.63, 3.8) is 0 Å².